The number of piperazine rings is 1. The molecule has 2 aromatic heterocycles. The maximum absolute atomic E-state index is 12.3. The Bertz CT molecular complexity index is 877. The molecule has 26 heavy (non-hydrogen) atoms. The number of hydrogen-bond donors (Lipinski definition) is 0. The van der Waals surface area contributed by atoms with Crippen LogP contribution in [0.5, 0.6) is 0 Å². The standard InChI is InChI=1S/C18H22N6OS/c19-10-15-20-11-14-16(25)22-18(26-17(14)21-15)24-8-6-23(7-9-24)12-13-4-2-1-3-5-13/h11,13H,1-9,12H2. The number of hydrogen-bond acceptors (Lipinski definition) is 8. The van der Waals surface area contributed by atoms with Gasteiger partial charge >= 0.3 is 0 Å². The van der Waals surface area contributed by atoms with Gasteiger partial charge in [0.1, 0.15) is 10.9 Å². The van der Waals surface area contributed by atoms with E-state index in [1.807, 2.05) is 6.07 Å². The Morgan fingerprint density at radius 1 is 1.15 bits per heavy atom. The van der Waals surface area contributed by atoms with Crippen LogP contribution in [-0.2, 0) is 0 Å². The predicted octanol–water partition coefficient (Wildman–Crippen LogP) is 2.02. The summed E-state index contributed by atoms with van der Waals surface area (Å²) in [5.41, 5.74) is -0.317. The summed E-state index contributed by atoms with van der Waals surface area (Å²) in [6.45, 7) is 4.96. The average molecular weight is 370 g/mol. The van der Waals surface area contributed by atoms with Gasteiger partial charge in [-0.1, -0.05) is 30.6 Å². The van der Waals surface area contributed by atoms with Crippen molar-refractivity contribution in [2.75, 3.05) is 37.6 Å². The molecule has 0 bridgehead atoms. The molecule has 0 amide bonds. The minimum Gasteiger partial charge on any atom is -0.345 e. The van der Waals surface area contributed by atoms with E-state index in [2.05, 4.69) is 24.8 Å². The Labute approximate surface area is 156 Å². The molecule has 0 radical (unpaired) electrons. The first-order valence-electron chi connectivity index (χ1n) is 9.28. The maximum Gasteiger partial charge on any atom is 0.284 e. The van der Waals surface area contributed by atoms with Gasteiger partial charge in [-0.25, -0.2) is 9.97 Å². The van der Waals surface area contributed by atoms with Gasteiger partial charge in [0.05, 0.1) is 5.39 Å². The summed E-state index contributed by atoms with van der Waals surface area (Å²) >= 11 is 1.37. The molecule has 0 spiro atoms. The molecular weight excluding hydrogens is 348 g/mol. The molecule has 1 aliphatic carbocycles. The van der Waals surface area contributed by atoms with Crippen LogP contribution in [0.15, 0.2) is 11.0 Å². The van der Waals surface area contributed by atoms with E-state index in [0.29, 0.717) is 15.3 Å². The van der Waals surface area contributed by atoms with Crippen LogP contribution in [-0.4, -0.2) is 52.6 Å². The van der Waals surface area contributed by atoms with Crippen molar-refractivity contribution in [2.24, 2.45) is 5.92 Å². The van der Waals surface area contributed by atoms with Crippen molar-refractivity contribution < 1.29 is 0 Å². The van der Waals surface area contributed by atoms with Crippen LogP contribution in [0.3, 0.4) is 0 Å². The molecule has 4 rings (SSSR count). The summed E-state index contributed by atoms with van der Waals surface area (Å²) < 4.78 is 0. The first-order chi connectivity index (χ1) is 12.7. The summed E-state index contributed by atoms with van der Waals surface area (Å²) in [5.74, 6) is 0.939. The lowest BCUT2D eigenvalue weighted by Gasteiger charge is -2.37. The number of aromatic nitrogens is 3. The van der Waals surface area contributed by atoms with Crippen molar-refractivity contribution in [2.45, 2.75) is 32.1 Å². The first kappa shape index (κ1) is 17.3. The van der Waals surface area contributed by atoms with Crippen molar-refractivity contribution in [3.8, 4) is 6.07 Å². The summed E-state index contributed by atoms with van der Waals surface area (Å²) in [6.07, 6.45) is 8.30. The normalized spacial score (nSPS) is 19.6. The van der Waals surface area contributed by atoms with Crippen LogP contribution in [0.25, 0.3) is 10.2 Å². The largest absolute Gasteiger partial charge is 0.345 e. The fraction of sp³-hybridized carbons (Fsp3) is 0.611. The van der Waals surface area contributed by atoms with Gasteiger partial charge in [0, 0.05) is 38.9 Å². The smallest absolute Gasteiger partial charge is 0.284 e. The highest BCUT2D eigenvalue weighted by Crippen LogP contribution is 2.26. The van der Waals surface area contributed by atoms with E-state index < -0.39 is 0 Å². The fourth-order valence-electron chi connectivity index (χ4n) is 3.89. The van der Waals surface area contributed by atoms with E-state index in [9.17, 15) is 4.79 Å². The zero-order valence-corrected chi connectivity index (χ0v) is 15.5. The summed E-state index contributed by atoms with van der Waals surface area (Å²) in [6, 6.07) is 1.92. The molecule has 7 nitrogen and oxygen atoms in total. The van der Waals surface area contributed by atoms with Gasteiger partial charge in [0.15, 0.2) is 5.13 Å². The molecule has 2 aromatic rings. The molecule has 0 aromatic carbocycles. The molecular formula is C18H22N6OS. The van der Waals surface area contributed by atoms with Crippen LogP contribution in [0, 0.1) is 17.2 Å². The highest BCUT2D eigenvalue weighted by atomic mass is 32.1. The zero-order chi connectivity index (χ0) is 17.9. The van der Waals surface area contributed by atoms with Crippen LogP contribution < -0.4 is 10.5 Å². The molecule has 3 heterocycles. The maximum atomic E-state index is 12.3. The van der Waals surface area contributed by atoms with Gasteiger partial charge in [-0.3, -0.25) is 9.69 Å². The summed E-state index contributed by atoms with van der Waals surface area (Å²) in [7, 11) is 0. The second kappa shape index (κ2) is 7.64. The Kier molecular flexibility index (Phi) is 5.09. The minimum atomic E-state index is -0.317. The van der Waals surface area contributed by atoms with Gasteiger partial charge in [-0.15, -0.1) is 0 Å². The Balaban J connectivity index is 1.45. The third-order valence-corrected chi connectivity index (χ3v) is 6.39. The van der Waals surface area contributed by atoms with Gasteiger partial charge < -0.3 is 4.90 Å². The van der Waals surface area contributed by atoms with Crippen molar-refractivity contribution in [1.82, 2.24) is 19.9 Å². The molecule has 1 saturated carbocycles. The van der Waals surface area contributed by atoms with Crippen LogP contribution in [0.2, 0.25) is 0 Å². The number of nitrogens with zero attached hydrogens (tertiary/aromatic N) is 6. The quantitative estimate of drug-likeness (QED) is 0.817. The monoisotopic (exact) mass is 370 g/mol. The van der Waals surface area contributed by atoms with Crippen molar-refractivity contribution >= 4 is 26.7 Å². The second-order valence-corrected chi connectivity index (χ2v) is 8.07. The average Bonchev–Trinajstić information content (AvgIpc) is 2.69. The summed E-state index contributed by atoms with van der Waals surface area (Å²) in [5, 5.41) is 10.0. The van der Waals surface area contributed by atoms with Crippen molar-refractivity contribution in [1.29, 1.82) is 5.26 Å². The molecule has 8 heteroatoms. The lowest BCUT2D eigenvalue weighted by molar-refractivity contribution is 0.192. The highest BCUT2D eigenvalue weighted by Gasteiger charge is 2.23. The van der Waals surface area contributed by atoms with Crippen LogP contribution in [0.4, 0.5) is 5.13 Å². The second-order valence-electron chi connectivity index (χ2n) is 7.12. The van der Waals surface area contributed by atoms with E-state index in [-0.39, 0.29) is 11.4 Å². The zero-order valence-electron chi connectivity index (χ0n) is 14.7. The van der Waals surface area contributed by atoms with Crippen LogP contribution in [0.1, 0.15) is 37.9 Å². The third-order valence-electron chi connectivity index (χ3n) is 5.35. The Hall–Kier alpha value is -2.11. The molecule has 2 fully saturated rings. The van der Waals surface area contributed by atoms with Gasteiger partial charge in [0.25, 0.3) is 5.56 Å². The van der Waals surface area contributed by atoms with Gasteiger partial charge in [-0.05, 0) is 18.8 Å². The molecule has 1 aliphatic heterocycles. The third kappa shape index (κ3) is 3.69. The highest BCUT2D eigenvalue weighted by molar-refractivity contribution is 7.21. The van der Waals surface area contributed by atoms with Crippen molar-refractivity contribution in [3.05, 3.63) is 22.4 Å². The van der Waals surface area contributed by atoms with E-state index >= 15 is 0 Å². The number of nitriles is 1. The van der Waals surface area contributed by atoms with E-state index in [1.54, 1.807) is 0 Å². The molecule has 1 saturated heterocycles. The lowest BCUT2D eigenvalue weighted by Crippen LogP contribution is -2.48. The van der Waals surface area contributed by atoms with E-state index in [1.165, 1.54) is 56.2 Å². The van der Waals surface area contributed by atoms with E-state index in [0.717, 1.165) is 32.1 Å². The topological polar surface area (TPSA) is 86.0 Å². The summed E-state index contributed by atoms with van der Waals surface area (Å²) in [4.78, 5) is 29.8. The fourth-order valence-corrected chi connectivity index (χ4v) is 4.89. The molecule has 2 aliphatic rings. The SMILES string of the molecule is N#Cc1ncc2c(=O)nc(N3CCN(CC4CCCCC4)CC3)sc2n1. The number of anilines is 1. The van der Waals surface area contributed by atoms with Gasteiger partial charge in [0.2, 0.25) is 5.82 Å². The molecule has 0 unspecified atom stereocenters. The van der Waals surface area contributed by atoms with E-state index in [4.69, 9.17) is 5.26 Å². The number of rotatable bonds is 3. The Morgan fingerprint density at radius 3 is 2.65 bits per heavy atom. The van der Waals surface area contributed by atoms with Crippen LogP contribution >= 0.6 is 11.3 Å². The minimum absolute atomic E-state index is 0.0857. The lowest BCUT2D eigenvalue weighted by atomic mass is 9.89. The number of fused-ring (bicyclic) bond motifs is 1. The molecule has 0 atom stereocenters. The molecule has 0 N–H and O–H groups in total. The van der Waals surface area contributed by atoms with Gasteiger partial charge in [-0.2, -0.15) is 10.2 Å². The molecule has 136 valence electrons. The predicted molar refractivity (Wildman–Crippen MR) is 101 cm³/mol. The Morgan fingerprint density at radius 2 is 1.92 bits per heavy atom. The first-order valence-corrected chi connectivity index (χ1v) is 10.1. The van der Waals surface area contributed by atoms with Crippen molar-refractivity contribution in [3.63, 3.8) is 0 Å².